The topological polar surface area (TPSA) is 46.5 Å². The first-order valence-corrected chi connectivity index (χ1v) is 6.79. The maximum Gasteiger partial charge on any atom is 0.309 e. The highest BCUT2D eigenvalue weighted by atomic mass is 127. The number of rotatable bonds is 1. The number of hydrogen-bond donors (Lipinski definition) is 1. The first-order chi connectivity index (χ1) is 7.15. The van der Waals surface area contributed by atoms with Crippen LogP contribution in [0.3, 0.4) is 0 Å². The Kier molecular flexibility index (Phi) is 3.55. The summed E-state index contributed by atoms with van der Waals surface area (Å²) in [4.78, 5) is 11.6. The fourth-order valence-electron chi connectivity index (χ4n) is 3.19. The van der Waals surface area contributed by atoms with Gasteiger partial charge in [0.1, 0.15) is 0 Å². The van der Waals surface area contributed by atoms with Gasteiger partial charge in [0.2, 0.25) is 0 Å². The molecule has 2 aliphatic rings. The molecule has 0 aliphatic heterocycles. The summed E-state index contributed by atoms with van der Waals surface area (Å²) in [5.41, 5.74) is 0. The molecule has 0 aromatic carbocycles. The summed E-state index contributed by atoms with van der Waals surface area (Å²) in [7, 11) is 1.44. The zero-order chi connectivity index (χ0) is 11.0. The van der Waals surface area contributed by atoms with E-state index in [0.29, 0.717) is 22.2 Å². The minimum atomic E-state index is -0.339. The molecule has 2 aliphatic carbocycles. The molecule has 0 amide bonds. The number of alkyl halides is 1. The highest BCUT2D eigenvalue weighted by Crippen LogP contribution is 2.48. The molecule has 0 radical (unpaired) electrons. The largest absolute Gasteiger partial charge is 0.469 e. The Balaban J connectivity index is 2.15. The van der Waals surface area contributed by atoms with Gasteiger partial charge in [0.25, 0.3) is 0 Å². The number of halogens is 1. The third-order valence-electron chi connectivity index (χ3n) is 3.92. The molecule has 15 heavy (non-hydrogen) atoms. The lowest BCUT2D eigenvalue weighted by Crippen LogP contribution is -2.44. The molecule has 5 atom stereocenters. The number of esters is 1. The van der Waals surface area contributed by atoms with E-state index in [1.54, 1.807) is 0 Å². The van der Waals surface area contributed by atoms with Gasteiger partial charge in [0.05, 0.1) is 19.1 Å². The number of methoxy groups -OCH3 is 1. The van der Waals surface area contributed by atoms with Crippen LogP contribution >= 0.6 is 22.6 Å². The predicted octanol–water partition coefficient (Wildman–Crippen LogP) is 1.76. The van der Waals surface area contributed by atoms with Crippen molar-refractivity contribution >= 4 is 28.6 Å². The molecule has 0 unspecified atom stereocenters. The Bertz CT molecular complexity index is 256. The van der Waals surface area contributed by atoms with E-state index in [9.17, 15) is 9.90 Å². The molecule has 0 heterocycles. The van der Waals surface area contributed by atoms with Gasteiger partial charge in [-0.1, -0.05) is 29.0 Å². The van der Waals surface area contributed by atoms with Crippen LogP contribution in [0.25, 0.3) is 0 Å². The van der Waals surface area contributed by atoms with Crippen LogP contribution in [0.2, 0.25) is 0 Å². The van der Waals surface area contributed by atoms with Crippen LogP contribution in [0.4, 0.5) is 0 Å². The van der Waals surface area contributed by atoms with Gasteiger partial charge in [-0.05, 0) is 31.1 Å². The van der Waals surface area contributed by atoms with Gasteiger partial charge in [-0.25, -0.2) is 0 Å². The molecule has 2 fully saturated rings. The van der Waals surface area contributed by atoms with E-state index in [-0.39, 0.29) is 18.0 Å². The number of aliphatic hydroxyl groups is 1. The summed E-state index contributed by atoms with van der Waals surface area (Å²) in [5, 5.41) is 9.92. The smallest absolute Gasteiger partial charge is 0.309 e. The van der Waals surface area contributed by atoms with Gasteiger partial charge in [-0.3, -0.25) is 4.79 Å². The number of fused-ring (bicyclic) bond motifs is 1. The Labute approximate surface area is 104 Å². The first kappa shape index (κ1) is 11.6. The van der Waals surface area contributed by atoms with E-state index in [1.165, 1.54) is 13.5 Å². The zero-order valence-corrected chi connectivity index (χ0v) is 11.0. The Morgan fingerprint density at radius 3 is 2.73 bits per heavy atom. The van der Waals surface area contributed by atoms with Crippen molar-refractivity contribution in [1.82, 2.24) is 0 Å². The van der Waals surface area contributed by atoms with Crippen LogP contribution in [0.5, 0.6) is 0 Å². The van der Waals surface area contributed by atoms with Crippen molar-refractivity contribution in [3.8, 4) is 0 Å². The summed E-state index contributed by atoms with van der Waals surface area (Å²) < 4.78 is 5.14. The second-order valence-electron chi connectivity index (χ2n) is 4.64. The number of carbonyl (C=O) groups excluding carboxylic acids is 1. The SMILES string of the molecule is COC(=O)[C@@H]1C[C@@H](O)[C@H](I)[C@@H]2CCC[C@H]21. The van der Waals surface area contributed by atoms with Crippen molar-refractivity contribution in [3.63, 3.8) is 0 Å². The average Bonchev–Trinajstić information content (AvgIpc) is 2.71. The lowest BCUT2D eigenvalue weighted by Gasteiger charge is -2.38. The minimum absolute atomic E-state index is 0.0662. The van der Waals surface area contributed by atoms with Crippen LogP contribution in [0, 0.1) is 17.8 Å². The minimum Gasteiger partial charge on any atom is -0.469 e. The molecule has 0 spiro atoms. The Morgan fingerprint density at radius 1 is 1.40 bits per heavy atom. The third-order valence-corrected chi connectivity index (χ3v) is 5.67. The van der Waals surface area contributed by atoms with Crippen molar-refractivity contribution in [2.24, 2.45) is 17.8 Å². The molecule has 0 bridgehead atoms. The zero-order valence-electron chi connectivity index (χ0n) is 8.86. The molecule has 0 aromatic rings. The van der Waals surface area contributed by atoms with E-state index < -0.39 is 0 Å². The molecule has 86 valence electrons. The Hall–Kier alpha value is 0.160. The van der Waals surface area contributed by atoms with Gasteiger partial charge in [-0.15, -0.1) is 0 Å². The van der Waals surface area contributed by atoms with Gasteiger partial charge >= 0.3 is 5.97 Å². The summed E-state index contributed by atoms with van der Waals surface area (Å²) in [6, 6.07) is 0. The molecule has 1 N–H and O–H groups in total. The summed E-state index contributed by atoms with van der Waals surface area (Å²) in [5.74, 6) is 0.763. The van der Waals surface area contributed by atoms with Gasteiger partial charge < -0.3 is 9.84 Å². The second-order valence-corrected chi connectivity index (χ2v) is 6.07. The van der Waals surface area contributed by atoms with Crippen LogP contribution in [0.1, 0.15) is 25.7 Å². The van der Waals surface area contributed by atoms with E-state index in [2.05, 4.69) is 22.6 Å². The molecular weight excluding hydrogens is 307 g/mol. The van der Waals surface area contributed by atoms with E-state index in [0.717, 1.165) is 12.8 Å². The molecule has 2 saturated carbocycles. The van der Waals surface area contributed by atoms with Crippen molar-refractivity contribution in [3.05, 3.63) is 0 Å². The number of carbonyl (C=O) groups is 1. The summed E-state index contributed by atoms with van der Waals surface area (Å²) in [6.07, 6.45) is 3.71. The van der Waals surface area contributed by atoms with Crippen LogP contribution in [0.15, 0.2) is 0 Å². The van der Waals surface area contributed by atoms with Gasteiger partial charge in [-0.2, -0.15) is 0 Å². The van der Waals surface area contributed by atoms with Crippen molar-refractivity contribution in [2.45, 2.75) is 35.7 Å². The second kappa shape index (κ2) is 4.57. The summed E-state index contributed by atoms with van der Waals surface area (Å²) >= 11 is 2.34. The average molecular weight is 324 g/mol. The van der Waals surface area contributed by atoms with Gasteiger partial charge in [0, 0.05) is 3.92 Å². The summed E-state index contributed by atoms with van der Waals surface area (Å²) in [6.45, 7) is 0. The van der Waals surface area contributed by atoms with Crippen molar-refractivity contribution < 1.29 is 14.6 Å². The Morgan fingerprint density at radius 2 is 2.07 bits per heavy atom. The highest BCUT2D eigenvalue weighted by molar-refractivity contribution is 14.1. The van der Waals surface area contributed by atoms with Crippen LogP contribution < -0.4 is 0 Å². The third kappa shape index (κ3) is 2.02. The first-order valence-electron chi connectivity index (χ1n) is 5.55. The lowest BCUT2D eigenvalue weighted by molar-refractivity contribution is -0.151. The van der Waals surface area contributed by atoms with E-state index >= 15 is 0 Å². The normalized spacial score (nSPS) is 44.9. The van der Waals surface area contributed by atoms with Crippen molar-refractivity contribution in [2.75, 3.05) is 7.11 Å². The molecule has 2 rings (SSSR count). The van der Waals surface area contributed by atoms with Crippen molar-refractivity contribution in [1.29, 1.82) is 0 Å². The molecule has 0 saturated heterocycles. The van der Waals surface area contributed by atoms with E-state index in [4.69, 9.17) is 4.74 Å². The van der Waals surface area contributed by atoms with Gasteiger partial charge in [0.15, 0.2) is 0 Å². The molecule has 0 aromatic heterocycles. The van der Waals surface area contributed by atoms with Crippen LogP contribution in [-0.2, 0) is 9.53 Å². The molecule has 3 nitrogen and oxygen atoms in total. The standard InChI is InChI=1S/C11H17IO3/c1-15-11(14)8-5-9(13)10(12)7-4-2-3-6(7)8/h6-10,13H,2-5H2,1H3/t6-,7-,8-,9-,10-/m1/s1. The maximum absolute atomic E-state index is 11.6. The molecular formula is C11H17IO3. The maximum atomic E-state index is 11.6. The quantitative estimate of drug-likeness (QED) is 0.454. The number of hydrogen-bond acceptors (Lipinski definition) is 3. The lowest BCUT2D eigenvalue weighted by atomic mass is 9.72. The fraction of sp³-hybridized carbons (Fsp3) is 0.909. The number of ether oxygens (including phenoxy) is 1. The molecule has 4 heteroatoms. The predicted molar refractivity (Wildman–Crippen MR) is 64.8 cm³/mol. The van der Waals surface area contributed by atoms with Crippen LogP contribution in [-0.4, -0.2) is 28.2 Å². The van der Waals surface area contributed by atoms with E-state index in [1.807, 2.05) is 0 Å². The fourth-order valence-corrected chi connectivity index (χ4v) is 4.37. The highest BCUT2D eigenvalue weighted by Gasteiger charge is 2.48. The monoisotopic (exact) mass is 324 g/mol. The number of aliphatic hydroxyl groups excluding tert-OH is 1.